The third-order valence-electron chi connectivity index (χ3n) is 4.23. The highest BCUT2D eigenvalue weighted by Crippen LogP contribution is 2.43. The number of carbonyl (C=O) groups excluding carboxylic acids is 1. The van der Waals surface area contributed by atoms with E-state index in [1.54, 1.807) is 0 Å². The maximum Gasteiger partial charge on any atom is 0.195 e. The summed E-state index contributed by atoms with van der Waals surface area (Å²) in [6.45, 7) is 0. The minimum absolute atomic E-state index is 0.0951. The van der Waals surface area contributed by atoms with Gasteiger partial charge in [0.05, 0.1) is 0 Å². The van der Waals surface area contributed by atoms with Crippen LogP contribution in [0.2, 0.25) is 0 Å². The molecular formula is C19H10O2. The third kappa shape index (κ3) is 1.24. The highest BCUT2D eigenvalue weighted by Gasteiger charge is 2.29. The van der Waals surface area contributed by atoms with Crippen LogP contribution in [0.1, 0.15) is 15.9 Å². The molecule has 0 unspecified atom stereocenters. The predicted molar refractivity (Wildman–Crippen MR) is 82.6 cm³/mol. The van der Waals surface area contributed by atoms with Gasteiger partial charge >= 0.3 is 0 Å². The number of para-hydroxylation sites is 1. The summed E-state index contributed by atoms with van der Waals surface area (Å²) in [6, 6.07) is 19.6. The Labute approximate surface area is 120 Å². The molecule has 0 fully saturated rings. The minimum Gasteiger partial charge on any atom is -0.456 e. The van der Waals surface area contributed by atoms with Crippen molar-refractivity contribution < 1.29 is 9.21 Å². The van der Waals surface area contributed by atoms with E-state index in [-0.39, 0.29) is 5.78 Å². The lowest BCUT2D eigenvalue weighted by atomic mass is 10.0. The summed E-state index contributed by atoms with van der Waals surface area (Å²) in [7, 11) is 0. The van der Waals surface area contributed by atoms with Gasteiger partial charge < -0.3 is 4.42 Å². The molecule has 98 valence electrons. The average molecular weight is 270 g/mol. The minimum atomic E-state index is 0.0951. The van der Waals surface area contributed by atoms with Gasteiger partial charge in [0.1, 0.15) is 11.2 Å². The largest absolute Gasteiger partial charge is 0.456 e. The molecular weight excluding hydrogens is 260 g/mol. The number of rotatable bonds is 0. The van der Waals surface area contributed by atoms with Gasteiger partial charge in [-0.3, -0.25) is 4.79 Å². The van der Waals surface area contributed by atoms with E-state index in [1.807, 2.05) is 60.7 Å². The Balaban J connectivity index is 2.02. The van der Waals surface area contributed by atoms with Crippen LogP contribution in [0.5, 0.6) is 0 Å². The van der Waals surface area contributed by atoms with Crippen molar-refractivity contribution in [3.8, 4) is 11.1 Å². The number of ketones is 1. The second kappa shape index (κ2) is 3.61. The van der Waals surface area contributed by atoms with E-state index in [2.05, 4.69) is 0 Å². The zero-order valence-electron chi connectivity index (χ0n) is 11.1. The smallest absolute Gasteiger partial charge is 0.195 e. The van der Waals surface area contributed by atoms with Crippen LogP contribution in [0.4, 0.5) is 0 Å². The number of benzene rings is 3. The van der Waals surface area contributed by atoms with Crippen molar-refractivity contribution in [3.63, 3.8) is 0 Å². The fraction of sp³-hybridized carbons (Fsp3) is 0. The Bertz CT molecular complexity index is 1050. The standard InChI is InChI=1S/C19H10O2/c20-19-13-6-2-1-5-11(13)12-9-10-16-17(18(12)19)14-7-3-4-8-15(14)21-16/h1-10H. The molecule has 0 radical (unpaired) electrons. The normalized spacial score (nSPS) is 12.9. The molecule has 3 aromatic carbocycles. The highest BCUT2D eigenvalue weighted by molar-refractivity contribution is 6.30. The van der Waals surface area contributed by atoms with Crippen LogP contribution in [0.3, 0.4) is 0 Å². The van der Waals surface area contributed by atoms with Gasteiger partial charge in [-0.05, 0) is 29.3 Å². The monoisotopic (exact) mass is 270 g/mol. The van der Waals surface area contributed by atoms with Crippen LogP contribution in [0.25, 0.3) is 33.1 Å². The molecule has 0 aliphatic heterocycles. The van der Waals surface area contributed by atoms with Crippen LogP contribution < -0.4 is 0 Å². The molecule has 0 bridgehead atoms. The maximum absolute atomic E-state index is 12.8. The number of fused-ring (bicyclic) bond motifs is 7. The van der Waals surface area contributed by atoms with Crippen molar-refractivity contribution in [2.75, 3.05) is 0 Å². The highest BCUT2D eigenvalue weighted by atomic mass is 16.3. The predicted octanol–water partition coefficient (Wildman–Crippen LogP) is 4.80. The second-order valence-electron chi connectivity index (χ2n) is 5.33. The molecule has 1 aliphatic carbocycles. The lowest BCUT2D eigenvalue weighted by Crippen LogP contribution is -1.95. The van der Waals surface area contributed by atoms with Gasteiger partial charge in [0.2, 0.25) is 0 Å². The zero-order valence-corrected chi connectivity index (χ0v) is 11.1. The summed E-state index contributed by atoms with van der Waals surface area (Å²) in [5, 5.41) is 1.94. The molecule has 0 spiro atoms. The van der Waals surface area contributed by atoms with Crippen molar-refractivity contribution in [2.24, 2.45) is 0 Å². The Hall–Kier alpha value is -2.87. The molecule has 5 rings (SSSR count). The topological polar surface area (TPSA) is 30.2 Å². The third-order valence-corrected chi connectivity index (χ3v) is 4.23. The molecule has 21 heavy (non-hydrogen) atoms. The van der Waals surface area contributed by atoms with Gasteiger partial charge in [0.15, 0.2) is 5.78 Å². The Kier molecular flexibility index (Phi) is 1.87. The van der Waals surface area contributed by atoms with Crippen LogP contribution in [0.15, 0.2) is 65.1 Å². The first-order valence-corrected chi connectivity index (χ1v) is 6.93. The molecule has 0 amide bonds. The Morgan fingerprint density at radius 3 is 2.33 bits per heavy atom. The molecule has 1 aromatic heterocycles. The first-order chi connectivity index (χ1) is 10.3. The number of hydrogen-bond acceptors (Lipinski definition) is 2. The van der Waals surface area contributed by atoms with Crippen molar-refractivity contribution in [1.82, 2.24) is 0 Å². The lowest BCUT2D eigenvalue weighted by molar-refractivity contribution is 0.104. The van der Waals surface area contributed by atoms with Crippen LogP contribution in [0, 0.1) is 0 Å². The van der Waals surface area contributed by atoms with Gasteiger partial charge in [0.25, 0.3) is 0 Å². The van der Waals surface area contributed by atoms with Gasteiger partial charge in [-0.15, -0.1) is 0 Å². The van der Waals surface area contributed by atoms with Crippen molar-refractivity contribution in [2.45, 2.75) is 0 Å². The van der Waals surface area contributed by atoms with E-state index in [9.17, 15) is 4.79 Å². The summed E-state index contributed by atoms with van der Waals surface area (Å²) in [5.74, 6) is 0.0951. The first-order valence-electron chi connectivity index (χ1n) is 6.93. The van der Waals surface area contributed by atoms with E-state index in [1.165, 1.54) is 0 Å². The number of hydrogen-bond donors (Lipinski definition) is 0. The fourth-order valence-electron chi connectivity index (χ4n) is 3.33. The average Bonchev–Trinajstić information content (AvgIpc) is 3.04. The van der Waals surface area contributed by atoms with E-state index >= 15 is 0 Å². The van der Waals surface area contributed by atoms with E-state index in [0.717, 1.165) is 44.2 Å². The van der Waals surface area contributed by atoms with E-state index < -0.39 is 0 Å². The molecule has 0 saturated carbocycles. The quantitative estimate of drug-likeness (QED) is 0.404. The van der Waals surface area contributed by atoms with Crippen molar-refractivity contribution in [3.05, 3.63) is 71.8 Å². The molecule has 0 N–H and O–H groups in total. The van der Waals surface area contributed by atoms with E-state index in [4.69, 9.17) is 4.42 Å². The Morgan fingerprint density at radius 2 is 1.43 bits per heavy atom. The van der Waals surface area contributed by atoms with E-state index in [0.29, 0.717) is 0 Å². The summed E-state index contributed by atoms with van der Waals surface area (Å²) in [4.78, 5) is 12.8. The van der Waals surface area contributed by atoms with Crippen LogP contribution in [-0.2, 0) is 0 Å². The Morgan fingerprint density at radius 1 is 0.667 bits per heavy atom. The van der Waals surface area contributed by atoms with Gasteiger partial charge in [0, 0.05) is 21.9 Å². The fourth-order valence-corrected chi connectivity index (χ4v) is 3.33. The SMILES string of the molecule is O=C1c2ccccc2-c2ccc3oc4ccccc4c3c21. The number of furan rings is 1. The second-order valence-corrected chi connectivity index (χ2v) is 5.33. The zero-order chi connectivity index (χ0) is 14.0. The summed E-state index contributed by atoms with van der Waals surface area (Å²) >= 11 is 0. The van der Waals surface area contributed by atoms with Gasteiger partial charge in [-0.1, -0.05) is 42.5 Å². The molecule has 2 heteroatoms. The van der Waals surface area contributed by atoms with Crippen LogP contribution in [-0.4, -0.2) is 5.78 Å². The molecule has 0 saturated heterocycles. The van der Waals surface area contributed by atoms with Gasteiger partial charge in [-0.25, -0.2) is 0 Å². The van der Waals surface area contributed by atoms with Crippen molar-refractivity contribution in [1.29, 1.82) is 0 Å². The maximum atomic E-state index is 12.8. The molecule has 0 atom stereocenters. The van der Waals surface area contributed by atoms with Gasteiger partial charge in [-0.2, -0.15) is 0 Å². The molecule has 1 aliphatic rings. The summed E-state index contributed by atoms with van der Waals surface area (Å²) in [5.41, 5.74) is 5.18. The number of carbonyl (C=O) groups is 1. The summed E-state index contributed by atoms with van der Waals surface area (Å²) < 4.78 is 5.87. The van der Waals surface area contributed by atoms with Crippen molar-refractivity contribution >= 4 is 27.7 Å². The summed E-state index contributed by atoms with van der Waals surface area (Å²) in [6.07, 6.45) is 0. The first kappa shape index (κ1) is 10.9. The molecule has 2 nitrogen and oxygen atoms in total. The molecule has 1 heterocycles. The lowest BCUT2D eigenvalue weighted by Gasteiger charge is -2.00. The molecule has 4 aromatic rings. The van der Waals surface area contributed by atoms with Crippen LogP contribution >= 0.6 is 0 Å².